The van der Waals surface area contributed by atoms with Crippen LogP contribution in [0.2, 0.25) is 0 Å². The van der Waals surface area contributed by atoms with Crippen LogP contribution in [0.4, 0.5) is 0 Å². The Balaban J connectivity index is 1.53. The molecule has 1 aliphatic heterocycles. The number of carbonyl (C=O) groups is 2. The van der Waals surface area contributed by atoms with Crippen molar-refractivity contribution in [2.75, 3.05) is 13.6 Å². The number of benzene rings is 1. The minimum Gasteiger partial charge on any atom is -0.335 e. The van der Waals surface area contributed by atoms with Gasteiger partial charge in [0.1, 0.15) is 11.0 Å². The highest BCUT2D eigenvalue weighted by Gasteiger charge is 2.37. The zero-order valence-electron chi connectivity index (χ0n) is 15.3. The van der Waals surface area contributed by atoms with Crippen molar-refractivity contribution in [2.45, 2.75) is 31.8 Å². The topological polar surface area (TPSA) is 53.5 Å². The number of likely N-dealkylation sites (tertiary alicyclic amines) is 1. The molecular weight excluding hydrogens is 378 g/mol. The number of hydrogen-bond donors (Lipinski definition) is 0. The summed E-state index contributed by atoms with van der Waals surface area (Å²) in [7, 11) is 1.81. The average Bonchev–Trinajstić information content (AvgIpc) is 3.45. The van der Waals surface area contributed by atoms with Crippen LogP contribution in [0, 0.1) is 0 Å². The number of thiophene rings is 1. The molecule has 7 heteroatoms. The fraction of sp³-hybridized carbons (Fsp3) is 0.350. The normalized spacial score (nSPS) is 18.0. The van der Waals surface area contributed by atoms with E-state index in [0.29, 0.717) is 17.8 Å². The van der Waals surface area contributed by atoms with Gasteiger partial charge in [-0.3, -0.25) is 9.59 Å². The molecule has 0 radical (unpaired) electrons. The summed E-state index contributed by atoms with van der Waals surface area (Å²) in [5.41, 5.74) is 0.959. The SMILES string of the molecule is C[C@H](c1nc2ccccc2s1)N(C)C(=O)[C@H]1CCCN1C(=O)c1cccs1. The van der Waals surface area contributed by atoms with E-state index in [1.807, 2.05) is 55.7 Å². The van der Waals surface area contributed by atoms with E-state index in [1.165, 1.54) is 11.3 Å². The third-order valence-corrected chi connectivity index (χ3v) is 7.19. The Morgan fingerprint density at radius 1 is 1.26 bits per heavy atom. The first-order valence-electron chi connectivity index (χ1n) is 9.03. The smallest absolute Gasteiger partial charge is 0.264 e. The third kappa shape index (κ3) is 3.37. The third-order valence-electron chi connectivity index (χ3n) is 5.13. The Kier molecular flexibility index (Phi) is 4.97. The predicted molar refractivity (Wildman–Crippen MR) is 109 cm³/mol. The summed E-state index contributed by atoms with van der Waals surface area (Å²) in [6.07, 6.45) is 1.57. The van der Waals surface area contributed by atoms with Crippen molar-refractivity contribution in [3.05, 3.63) is 51.7 Å². The monoisotopic (exact) mass is 399 g/mol. The molecule has 1 aromatic carbocycles. The molecule has 5 nitrogen and oxygen atoms in total. The molecule has 3 heterocycles. The molecule has 0 aliphatic carbocycles. The van der Waals surface area contributed by atoms with Crippen LogP contribution in [-0.2, 0) is 4.79 Å². The van der Waals surface area contributed by atoms with E-state index in [1.54, 1.807) is 21.1 Å². The number of thiazole rings is 1. The number of fused-ring (bicyclic) bond motifs is 1. The van der Waals surface area contributed by atoms with E-state index in [-0.39, 0.29) is 23.9 Å². The van der Waals surface area contributed by atoms with Crippen molar-refractivity contribution in [1.82, 2.24) is 14.8 Å². The second-order valence-electron chi connectivity index (χ2n) is 6.78. The number of aromatic nitrogens is 1. The van der Waals surface area contributed by atoms with Crippen molar-refractivity contribution < 1.29 is 9.59 Å². The van der Waals surface area contributed by atoms with Crippen LogP contribution >= 0.6 is 22.7 Å². The van der Waals surface area contributed by atoms with Gasteiger partial charge in [-0.1, -0.05) is 18.2 Å². The molecule has 0 N–H and O–H groups in total. The average molecular weight is 400 g/mol. The van der Waals surface area contributed by atoms with Crippen molar-refractivity contribution in [1.29, 1.82) is 0 Å². The molecule has 0 bridgehead atoms. The quantitative estimate of drug-likeness (QED) is 0.661. The van der Waals surface area contributed by atoms with Crippen molar-refractivity contribution in [3.8, 4) is 0 Å². The van der Waals surface area contributed by atoms with Crippen LogP contribution in [0.25, 0.3) is 10.2 Å². The summed E-state index contributed by atoms with van der Waals surface area (Å²) in [6, 6.07) is 11.2. The van der Waals surface area contributed by atoms with Gasteiger partial charge in [0.15, 0.2) is 0 Å². The molecule has 2 atom stereocenters. The highest BCUT2D eigenvalue weighted by molar-refractivity contribution is 7.18. The van der Waals surface area contributed by atoms with Crippen molar-refractivity contribution in [3.63, 3.8) is 0 Å². The number of para-hydroxylation sites is 1. The van der Waals surface area contributed by atoms with Crippen LogP contribution in [0.15, 0.2) is 41.8 Å². The van der Waals surface area contributed by atoms with Gasteiger partial charge in [-0.05, 0) is 43.3 Å². The minimum absolute atomic E-state index is 0.0100. The fourth-order valence-corrected chi connectivity index (χ4v) is 5.21. The Labute approximate surface area is 166 Å². The number of rotatable bonds is 4. The molecular formula is C20H21N3O2S2. The maximum Gasteiger partial charge on any atom is 0.264 e. The molecule has 1 aliphatic rings. The molecule has 0 spiro atoms. The maximum absolute atomic E-state index is 13.2. The molecule has 1 fully saturated rings. The van der Waals surface area contributed by atoms with Gasteiger partial charge in [0.2, 0.25) is 5.91 Å². The summed E-state index contributed by atoms with van der Waals surface area (Å²) >= 11 is 3.04. The molecule has 1 saturated heterocycles. The Bertz CT molecular complexity index is 934. The zero-order chi connectivity index (χ0) is 19.0. The number of carbonyl (C=O) groups excluding carboxylic acids is 2. The molecule has 27 heavy (non-hydrogen) atoms. The van der Waals surface area contributed by atoms with E-state index in [9.17, 15) is 9.59 Å². The van der Waals surface area contributed by atoms with Crippen LogP contribution < -0.4 is 0 Å². The molecule has 0 saturated carbocycles. The number of likely N-dealkylation sites (N-methyl/N-ethyl adjacent to an activating group) is 1. The second-order valence-corrected chi connectivity index (χ2v) is 8.79. The first-order chi connectivity index (χ1) is 13.1. The highest BCUT2D eigenvalue weighted by atomic mass is 32.1. The van der Waals surface area contributed by atoms with E-state index >= 15 is 0 Å². The molecule has 4 rings (SSSR count). The second kappa shape index (κ2) is 7.40. The lowest BCUT2D eigenvalue weighted by molar-refractivity contribution is -0.135. The largest absolute Gasteiger partial charge is 0.335 e. The van der Waals surface area contributed by atoms with Gasteiger partial charge in [-0.2, -0.15) is 0 Å². The van der Waals surface area contributed by atoms with Crippen LogP contribution in [-0.4, -0.2) is 46.2 Å². The van der Waals surface area contributed by atoms with E-state index in [0.717, 1.165) is 21.6 Å². The molecule has 3 aromatic rings. The van der Waals surface area contributed by atoms with Gasteiger partial charge in [0.25, 0.3) is 5.91 Å². The lowest BCUT2D eigenvalue weighted by atomic mass is 10.1. The van der Waals surface area contributed by atoms with Gasteiger partial charge in [-0.25, -0.2) is 4.98 Å². The van der Waals surface area contributed by atoms with Crippen LogP contribution in [0.3, 0.4) is 0 Å². The summed E-state index contributed by atoms with van der Waals surface area (Å²) < 4.78 is 1.12. The molecule has 2 aromatic heterocycles. The van der Waals surface area contributed by atoms with E-state index in [4.69, 9.17) is 0 Å². The van der Waals surface area contributed by atoms with Crippen molar-refractivity contribution in [2.24, 2.45) is 0 Å². The Morgan fingerprint density at radius 2 is 2.07 bits per heavy atom. The van der Waals surface area contributed by atoms with E-state index in [2.05, 4.69) is 4.98 Å². The van der Waals surface area contributed by atoms with Gasteiger partial charge in [0, 0.05) is 13.6 Å². The summed E-state index contributed by atoms with van der Waals surface area (Å²) in [5.74, 6) is -0.0500. The first-order valence-corrected chi connectivity index (χ1v) is 10.7. The summed E-state index contributed by atoms with van der Waals surface area (Å²) in [6.45, 7) is 2.63. The van der Waals surface area contributed by atoms with Gasteiger partial charge < -0.3 is 9.80 Å². The summed E-state index contributed by atoms with van der Waals surface area (Å²) in [4.78, 5) is 34.8. The fourth-order valence-electron chi connectivity index (χ4n) is 3.47. The molecule has 140 valence electrons. The lowest BCUT2D eigenvalue weighted by Gasteiger charge is -2.30. The van der Waals surface area contributed by atoms with Crippen LogP contribution in [0.1, 0.15) is 40.5 Å². The van der Waals surface area contributed by atoms with Crippen LogP contribution in [0.5, 0.6) is 0 Å². The lowest BCUT2D eigenvalue weighted by Crippen LogP contribution is -2.47. The number of amides is 2. The standard InChI is InChI=1S/C20H21N3O2S2/c1-13(18-21-14-7-3-4-9-16(14)27-18)22(2)19(24)15-8-5-11-23(15)20(25)17-10-6-12-26-17/h3-4,6-7,9-10,12-13,15H,5,8,11H2,1-2H3/t13-,15-/m1/s1. The minimum atomic E-state index is -0.388. The molecule has 0 unspecified atom stereocenters. The van der Waals surface area contributed by atoms with Gasteiger partial charge in [0.05, 0.1) is 21.1 Å². The van der Waals surface area contributed by atoms with E-state index < -0.39 is 0 Å². The number of nitrogens with zero attached hydrogens (tertiary/aromatic N) is 3. The molecule has 2 amide bonds. The Hall–Kier alpha value is -2.25. The maximum atomic E-state index is 13.2. The van der Waals surface area contributed by atoms with Gasteiger partial charge in [-0.15, -0.1) is 22.7 Å². The number of hydrogen-bond acceptors (Lipinski definition) is 5. The van der Waals surface area contributed by atoms with Gasteiger partial charge >= 0.3 is 0 Å². The highest BCUT2D eigenvalue weighted by Crippen LogP contribution is 2.31. The first kappa shape index (κ1) is 18.1. The predicted octanol–water partition coefficient (Wildman–Crippen LogP) is 4.18. The van der Waals surface area contributed by atoms with Crippen molar-refractivity contribution >= 4 is 44.7 Å². The zero-order valence-corrected chi connectivity index (χ0v) is 16.9. The summed E-state index contributed by atoms with van der Waals surface area (Å²) in [5, 5.41) is 2.81. The Morgan fingerprint density at radius 3 is 2.81 bits per heavy atom.